The normalized spacial score (nSPS) is 15.6. The lowest BCUT2D eigenvalue weighted by atomic mass is 9.85. The zero-order valence-electron chi connectivity index (χ0n) is 11.9. The Morgan fingerprint density at radius 1 is 1.38 bits per heavy atom. The molecular formula is C14H19ClN2O3S. The van der Waals surface area contributed by atoms with E-state index in [4.69, 9.17) is 16.7 Å². The molecule has 0 bridgehead atoms. The minimum absolute atomic E-state index is 0.141. The first-order valence-electron chi connectivity index (χ1n) is 6.94. The van der Waals surface area contributed by atoms with Gasteiger partial charge < -0.3 is 4.90 Å². The van der Waals surface area contributed by atoms with E-state index in [1.165, 1.54) is 24.6 Å². The quantitative estimate of drug-likeness (QED) is 0.899. The van der Waals surface area contributed by atoms with Gasteiger partial charge in [-0.2, -0.15) is 0 Å². The number of halogens is 1. The molecule has 0 unspecified atom stereocenters. The van der Waals surface area contributed by atoms with Crippen LogP contribution in [-0.2, 0) is 10.0 Å². The van der Waals surface area contributed by atoms with E-state index < -0.39 is 10.0 Å². The molecule has 2 N–H and O–H groups in total. The Bertz CT molecular complexity index is 642. The van der Waals surface area contributed by atoms with Gasteiger partial charge in [0.15, 0.2) is 0 Å². The molecule has 116 valence electrons. The van der Waals surface area contributed by atoms with Crippen molar-refractivity contribution in [2.75, 3.05) is 13.1 Å². The van der Waals surface area contributed by atoms with Crippen LogP contribution in [0, 0.1) is 5.92 Å². The van der Waals surface area contributed by atoms with Crippen molar-refractivity contribution in [3.63, 3.8) is 0 Å². The number of nitrogens with zero attached hydrogens (tertiary/aromatic N) is 1. The summed E-state index contributed by atoms with van der Waals surface area (Å²) >= 11 is 5.90. The van der Waals surface area contributed by atoms with Gasteiger partial charge in [0.25, 0.3) is 5.91 Å². The summed E-state index contributed by atoms with van der Waals surface area (Å²) < 4.78 is 22.9. The molecule has 2 rings (SSSR count). The second kappa shape index (κ2) is 6.34. The van der Waals surface area contributed by atoms with Crippen LogP contribution in [0.5, 0.6) is 0 Å². The van der Waals surface area contributed by atoms with E-state index in [1.54, 1.807) is 4.90 Å². The highest BCUT2D eigenvalue weighted by Gasteiger charge is 2.24. The van der Waals surface area contributed by atoms with Crippen molar-refractivity contribution >= 4 is 27.5 Å². The predicted octanol–water partition coefficient (Wildman–Crippen LogP) is 2.25. The summed E-state index contributed by atoms with van der Waals surface area (Å²) in [6.07, 6.45) is 3.49. The second-order valence-electron chi connectivity index (χ2n) is 5.36. The molecule has 1 fully saturated rings. The van der Waals surface area contributed by atoms with Crippen LogP contribution in [0.2, 0.25) is 5.02 Å². The number of nitrogens with two attached hydrogens (primary N) is 1. The lowest BCUT2D eigenvalue weighted by Gasteiger charge is -2.32. The topological polar surface area (TPSA) is 80.5 Å². The van der Waals surface area contributed by atoms with E-state index in [0.717, 1.165) is 12.8 Å². The number of amides is 1. The number of benzene rings is 1. The molecule has 1 aromatic carbocycles. The summed E-state index contributed by atoms with van der Waals surface area (Å²) in [4.78, 5) is 14.1. The Morgan fingerprint density at radius 3 is 2.52 bits per heavy atom. The number of rotatable bonds is 5. The molecule has 7 heteroatoms. The zero-order valence-corrected chi connectivity index (χ0v) is 13.5. The van der Waals surface area contributed by atoms with Crippen LogP contribution in [-0.4, -0.2) is 32.3 Å². The largest absolute Gasteiger partial charge is 0.339 e. The molecule has 1 aliphatic carbocycles. The molecule has 0 aromatic heterocycles. The zero-order chi connectivity index (χ0) is 15.6. The van der Waals surface area contributed by atoms with E-state index >= 15 is 0 Å². The summed E-state index contributed by atoms with van der Waals surface area (Å²) in [5.41, 5.74) is 0.257. The summed E-state index contributed by atoms with van der Waals surface area (Å²) in [6.45, 7) is 3.18. The molecule has 0 atom stereocenters. The van der Waals surface area contributed by atoms with Gasteiger partial charge in [-0.3, -0.25) is 4.79 Å². The van der Waals surface area contributed by atoms with Crippen LogP contribution < -0.4 is 5.14 Å². The predicted molar refractivity (Wildman–Crippen MR) is 81.7 cm³/mol. The molecule has 1 saturated carbocycles. The van der Waals surface area contributed by atoms with Crippen molar-refractivity contribution in [3.8, 4) is 0 Å². The van der Waals surface area contributed by atoms with Crippen molar-refractivity contribution in [1.29, 1.82) is 0 Å². The molecule has 21 heavy (non-hydrogen) atoms. The maximum absolute atomic E-state index is 12.5. The van der Waals surface area contributed by atoms with Gasteiger partial charge in [-0.25, -0.2) is 13.6 Å². The van der Waals surface area contributed by atoms with Crippen molar-refractivity contribution in [2.45, 2.75) is 31.1 Å². The van der Waals surface area contributed by atoms with Crippen LogP contribution >= 0.6 is 11.6 Å². The van der Waals surface area contributed by atoms with Gasteiger partial charge in [-0.15, -0.1) is 0 Å². The van der Waals surface area contributed by atoms with E-state index in [9.17, 15) is 13.2 Å². The van der Waals surface area contributed by atoms with Crippen LogP contribution in [0.4, 0.5) is 0 Å². The number of sulfonamides is 1. The second-order valence-corrected chi connectivity index (χ2v) is 7.36. The lowest BCUT2D eigenvalue weighted by molar-refractivity contribution is 0.0706. The van der Waals surface area contributed by atoms with Crippen LogP contribution in [0.3, 0.4) is 0 Å². The molecule has 0 radical (unpaired) electrons. The van der Waals surface area contributed by atoms with Gasteiger partial charge in [-0.05, 0) is 43.9 Å². The van der Waals surface area contributed by atoms with Gasteiger partial charge in [0.05, 0.1) is 4.90 Å². The third kappa shape index (κ3) is 3.96. The molecular weight excluding hydrogens is 312 g/mol. The van der Waals surface area contributed by atoms with Gasteiger partial charge >= 0.3 is 0 Å². The van der Waals surface area contributed by atoms with Crippen molar-refractivity contribution in [2.24, 2.45) is 11.1 Å². The Balaban J connectivity index is 2.26. The third-order valence-corrected chi connectivity index (χ3v) is 4.93. The smallest absolute Gasteiger partial charge is 0.253 e. The third-order valence-electron chi connectivity index (χ3n) is 3.82. The highest BCUT2D eigenvalue weighted by atomic mass is 35.5. The number of hydrogen-bond donors (Lipinski definition) is 1. The summed E-state index contributed by atoms with van der Waals surface area (Å²) in [7, 11) is -3.89. The monoisotopic (exact) mass is 330 g/mol. The number of carbonyl (C=O) groups excluding carboxylic acids is 1. The van der Waals surface area contributed by atoms with E-state index in [1.807, 2.05) is 6.92 Å². The van der Waals surface area contributed by atoms with Crippen molar-refractivity contribution in [3.05, 3.63) is 28.8 Å². The Kier molecular flexibility index (Phi) is 4.91. The van der Waals surface area contributed by atoms with Crippen LogP contribution in [0.1, 0.15) is 36.5 Å². The van der Waals surface area contributed by atoms with Gasteiger partial charge in [0.1, 0.15) is 0 Å². The molecule has 1 amide bonds. The minimum Gasteiger partial charge on any atom is -0.339 e. The molecule has 1 aromatic rings. The highest BCUT2D eigenvalue weighted by Crippen LogP contribution is 2.28. The molecule has 0 aliphatic heterocycles. The molecule has 0 spiro atoms. The minimum atomic E-state index is -3.89. The average Bonchev–Trinajstić information content (AvgIpc) is 2.35. The SMILES string of the molecule is CCN(CC1CCC1)C(=O)c1cc(Cl)cc(S(N)(=O)=O)c1. The van der Waals surface area contributed by atoms with Gasteiger partial charge in [0.2, 0.25) is 10.0 Å². The van der Waals surface area contributed by atoms with Crippen LogP contribution in [0.15, 0.2) is 23.1 Å². The molecule has 0 heterocycles. The first-order chi connectivity index (χ1) is 9.81. The standard InChI is InChI=1S/C14H19ClN2O3S/c1-2-17(9-10-4-3-5-10)14(18)11-6-12(15)8-13(7-11)21(16,19)20/h6-8,10H,2-5,9H2,1H3,(H2,16,19,20). The Morgan fingerprint density at radius 2 is 2.05 bits per heavy atom. The van der Waals surface area contributed by atoms with E-state index in [2.05, 4.69) is 0 Å². The van der Waals surface area contributed by atoms with Gasteiger partial charge in [-0.1, -0.05) is 18.0 Å². The lowest BCUT2D eigenvalue weighted by Crippen LogP contribution is -2.37. The summed E-state index contributed by atoms with van der Waals surface area (Å²) in [5.74, 6) is 0.336. The van der Waals surface area contributed by atoms with Crippen LogP contribution in [0.25, 0.3) is 0 Å². The fourth-order valence-electron chi connectivity index (χ4n) is 2.38. The fourth-order valence-corrected chi connectivity index (χ4v) is 3.26. The fraction of sp³-hybridized carbons (Fsp3) is 0.500. The average molecular weight is 331 g/mol. The van der Waals surface area contributed by atoms with Crippen molar-refractivity contribution < 1.29 is 13.2 Å². The molecule has 5 nitrogen and oxygen atoms in total. The maximum Gasteiger partial charge on any atom is 0.253 e. The Hall–Kier alpha value is -1.11. The van der Waals surface area contributed by atoms with E-state index in [0.29, 0.717) is 19.0 Å². The Labute approximate surface area is 130 Å². The summed E-state index contributed by atoms with van der Waals surface area (Å²) in [6, 6.07) is 4.00. The number of hydrogen-bond acceptors (Lipinski definition) is 3. The summed E-state index contributed by atoms with van der Waals surface area (Å²) in [5, 5.41) is 5.29. The number of primary sulfonamides is 1. The highest BCUT2D eigenvalue weighted by molar-refractivity contribution is 7.89. The van der Waals surface area contributed by atoms with Gasteiger partial charge in [0, 0.05) is 23.7 Å². The number of carbonyl (C=O) groups is 1. The molecule has 0 saturated heterocycles. The first kappa shape index (κ1) is 16.3. The molecule has 1 aliphatic rings. The van der Waals surface area contributed by atoms with Crippen molar-refractivity contribution in [1.82, 2.24) is 4.90 Å². The maximum atomic E-state index is 12.5. The van der Waals surface area contributed by atoms with E-state index in [-0.39, 0.29) is 21.4 Å². The first-order valence-corrected chi connectivity index (χ1v) is 8.86.